The third-order valence-corrected chi connectivity index (χ3v) is 5.97. The van der Waals surface area contributed by atoms with E-state index in [9.17, 15) is 22.4 Å². The first-order valence-corrected chi connectivity index (χ1v) is 10.2. The van der Waals surface area contributed by atoms with Crippen LogP contribution in [-0.4, -0.2) is 55.4 Å². The zero-order valence-electron chi connectivity index (χ0n) is 14.7. The fraction of sp³-hybridized carbons (Fsp3) is 0.444. The van der Waals surface area contributed by atoms with E-state index < -0.39 is 39.7 Å². The number of amides is 1. The van der Waals surface area contributed by atoms with Crippen molar-refractivity contribution in [1.82, 2.24) is 4.90 Å². The van der Waals surface area contributed by atoms with Gasteiger partial charge in [0, 0.05) is 24.2 Å². The molecule has 1 fully saturated rings. The summed E-state index contributed by atoms with van der Waals surface area (Å²) in [6.07, 6.45) is 1.65. The molecule has 1 amide bonds. The molecule has 26 heavy (non-hydrogen) atoms. The van der Waals surface area contributed by atoms with Gasteiger partial charge in [-0.3, -0.25) is 4.79 Å². The number of carbonyl (C=O) groups excluding carboxylic acids is 2. The molecule has 1 aliphatic rings. The molecular formula is C18H22FNO5S. The highest BCUT2D eigenvalue weighted by Crippen LogP contribution is 2.19. The summed E-state index contributed by atoms with van der Waals surface area (Å²) in [6.45, 7) is 3.50. The number of sulfone groups is 1. The zero-order chi connectivity index (χ0) is 19.3. The van der Waals surface area contributed by atoms with Gasteiger partial charge in [-0.2, -0.15) is 0 Å². The van der Waals surface area contributed by atoms with E-state index >= 15 is 0 Å². The van der Waals surface area contributed by atoms with Crippen LogP contribution in [0.3, 0.4) is 0 Å². The second-order valence-corrected chi connectivity index (χ2v) is 8.34. The molecule has 0 saturated carbocycles. The number of hydrogen-bond donors (Lipinski definition) is 0. The van der Waals surface area contributed by atoms with Gasteiger partial charge < -0.3 is 9.64 Å². The van der Waals surface area contributed by atoms with Gasteiger partial charge in [0.05, 0.1) is 11.5 Å². The van der Waals surface area contributed by atoms with Gasteiger partial charge in [-0.1, -0.05) is 18.2 Å². The van der Waals surface area contributed by atoms with Crippen LogP contribution in [0, 0.1) is 5.82 Å². The monoisotopic (exact) mass is 383 g/mol. The molecule has 142 valence electrons. The molecule has 2 rings (SSSR count). The van der Waals surface area contributed by atoms with Crippen molar-refractivity contribution < 1.29 is 27.1 Å². The SMILES string of the molecule is CCN(C(=O)[C@@H](C)OC(=O)/C=C/c1ccccc1F)[C@H]1CCS(=O)(=O)C1. The minimum atomic E-state index is -3.12. The summed E-state index contributed by atoms with van der Waals surface area (Å²) in [4.78, 5) is 25.8. The van der Waals surface area contributed by atoms with Gasteiger partial charge in [0.25, 0.3) is 5.91 Å². The van der Waals surface area contributed by atoms with Gasteiger partial charge >= 0.3 is 5.97 Å². The number of ether oxygens (including phenoxy) is 1. The van der Waals surface area contributed by atoms with Crippen molar-refractivity contribution in [3.05, 3.63) is 41.7 Å². The van der Waals surface area contributed by atoms with Gasteiger partial charge in [0.1, 0.15) is 5.82 Å². The molecule has 1 aromatic rings. The zero-order valence-corrected chi connectivity index (χ0v) is 15.5. The van der Waals surface area contributed by atoms with Crippen molar-refractivity contribution >= 4 is 27.8 Å². The number of rotatable bonds is 6. The van der Waals surface area contributed by atoms with E-state index in [4.69, 9.17) is 4.74 Å². The van der Waals surface area contributed by atoms with Gasteiger partial charge in [0.2, 0.25) is 0 Å². The molecule has 2 atom stereocenters. The maximum Gasteiger partial charge on any atom is 0.331 e. The van der Waals surface area contributed by atoms with Gasteiger partial charge in [0.15, 0.2) is 15.9 Å². The second-order valence-electron chi connectivity index (χ2n) is 6.12. The van der Waals surface area contributed by atoms with Crippen LogP contribution in [0.15, 0.2) is 30.3 Å². The van der Waals surface area contributed by atoms with Gasteiger partial charge in [-0.15, -0.1) is 0 Å². The first kappa shape index (κ1) is 20.1. The minimum absolute atomic E-state index is 0.0565. The molecule has 0 aromatic heterocycles. The Morgan fingerprint density at radius 3 is 2.65 bits per heavy atom. The molecule has 0 unspecified atom stereocenters. The van der Waals surface area contributed by atoms with Crippen molar-refractivity contribution in [2.24, 2.45) is 0 Å². The summed E-state index contributed by atoms with van der Waals surface area (Å²) < 4.78 is 41.8. The highest BCUT2D eigenvalue weighted by molar-refractivity contribution is 7.91. The Labute approximate surface area is 152 Å². The fourth-order valence-corrected chi connectivity index (χ4v) is 4.61. The standard InChI is InChI=1S/C18H22FNO5S/c1-3-20(15-10-11-26(23,24)12-15)18(22)13(2)25-17(21)9-8-14-6-4-5-7-16(14)19/h4-9,13,15H,3,10-12H2,1-2H3/b9-8+/t13-,15+/m1/s1. The average molecular weight is 383 g/mol. The number of benzene rings is 1. The summed E-state index contributed by atoms with van der Waals surface area (Å²) >= 11 is 0. The van der Waals surface area contributed by atoms with E-state index in [0.717, 1.165) is 6.08 Å². The fourth-order valence-electron chi connectivity index (χ4n) is 2.88. The van der Waals surface area contributed by atoms with E-state index in [1.165, 1.54) is 36.1 Å². The summed E-state index contributed by atoms with van der Waals surface area (Å²) in [5, 5.41) is 0. The summed E-state index contributed by atoms with van der Waals surface area (Å²) in [7, 11) is -3.12. The Hall–Kier alpha value is -2.22. The maximum atomic E-state index is 13.5. The molecule has 0 bridgehead atoms. The van der Waals surface area contributed by atoms with Crippen LogP contribution in [-0.2, 0) is 24.2 Å². The number of halogens is 1. The Balaban J connectivity index is 1.97. The highest BCUT2D eigenvalue weighted by Gasteiger charge is 2.36. The predicted molar refractivity (Wildman–Crippen MR) is 95.4 cm³/mol. The molecule has 8 heteroatoms. The van der Waals surface area contributed by atoms with Crippen molar-refractivity contribution in [3.8, 4) is 0 Å². The number of esters is 1. The van der Waals surface area contributed by atoms with E-state index in [2.05, 4.69) is 0 Å². The normalized spacial score (nSPS) is 20.0. The summed E-state index contributed by atoms with van der Waals surface area (Å²) in [6, 6.07) is 5.55. The lowest BCUT2D eigenvalue weighted by Crippen LogP contribution is -2.46. The van der Waals surface area contributed by atoms with Crippen LogP contribution in [0.1, 0.15) is 25.8 Å². The smallest absolute Gasteiger partial charge is 0.331 e. The minimum Gasteiger partial charge on any atom is -0.449 e. The van der Waals surface area contributed by atoms with Crippen LogP contribution in [0.5, 0.6) is 0 Å². The molecule has 1 aromatic carbocycles. The topological polar surface area (TPSA) is 80.8 Å². The largest absolute Gasteiger partial charge is 0.449 e. The van der Waals surface area contributed by atoms with E-state index in [0.29, 0.717) is 13.0 Å². The van der Waals surface area contributed by atoms with Crippen molar-refractivity contribution in [1.29, 1.82) is 0 Å². The van der Waals surface area contributed by atoms with Crippen LogP contribution in [0.2, 0.25) is 0 Å². The number of likely N-dealkylation sites (N-methyl/N-ethyl adjacent to an activating group) is 1. The molecule has 0 N–H and O–H groups in total. The van der Waals surface area contributed by atoms with E-state index in [1.54, 1.807) is 13.0 Å². The van der Waals surface area contributed by atoms with Crippen LogP contribution in [0.4, 0.5) is 4.39 Å². The van der Waals surface area contributed by atoms with E-state index in [1.807, 2.05) is 0 Å². The Morgan fingerprint density at radius 1 is 1.38 bits per heavy atom. The molecule has 0 spiro atoms. The summed E-state index contributed by atoms with van der Waals surface area (Å²) in [5.74, 6) is -1.70. The maximum absolute atomic E-state index is 13.5. The quantitative estimate of drug-likeness (QED) is 0.553. The molecule has 6 nitrogen and oxygen atoms in total. The van der Waals surface area contributed by atoms with Crippen LogP contribution < -0.4 is 0 Å². The van der Waals surface area contributed by atoms with Crippen LogP contribution in [0.25, 0.3) is 6.08 Å². The lowest BCUT2D eigenvalue weighted by Gasteiger charge is -2.29. The highest BCUT2D eigenvalue weighted by atomic mass is 32.2. The lowest BCUT2D eigenvalue weighted by atomic mass is 10.2. The third kappa shape index (κ3) is 5.14. The Kier molecular flexibility index (Phi) is 6.52. The second kappa shape index (κ2) is 8.44. The van der Waals surface area contributed by atoms with Crippen molar-refractivity contribution in [2.75, 3.05) is 18.1 Å². The van der Waals surface area contributed by atoms with Crippen molar-refractivity contribution in [2.45, 2.75) is 32.4 Å². The molecule has 1 saturated heterocycles. The summed E-state index contributed by atoms with van der Waals surface area (Å²) in [5.41, 5.74) is 0.231. The number of carbonyl (C=O) groups is 2. The average Bonchev–Trinajstić information content (AvgIpc) is 2.94. The van der Waals surface area contributed by atoms with Crippen LogP contribution >= 0.6 is 0 Å². The molecular weight excluding hydrogens is 361 g/mol. The number of hydrogen-bond acceptors (Lipinski definition) is 5. The predicted octanol–water partition coefficient (Wildman–Crippen LogP) is 1.81. The Bertz CT molecular complexity index is 806. The first-order chi connectivity index (χ1) is 12.2. The molecule has 1 heterocycles. The number of nitrogens with zero attached hydrogens (tertiary/aromatic N) is 1. The molecule has 1 aliphatic heterocycles. The molecule has 0 radical (unpaired) electrons. The van der Waals surface area contributed by atoms with Gasteiger partial charge in [-0.05, 0) is 32.4 Å². The van der Waals surface area contributed by atoms with Gasteiger partial charge in [-0.25, -0.2) is 17.6 Å². The third-order valence-electron chi connectivity index (χ3n) is 4.22. The van der Waals surface area contributed by atoms with Crippen molar-refractivity contribution in [3.63, 3.8) is 0 Å². The first-order valence-electron chi connectivity index (χ1n) is 8.37. The lowest BCUT2D eigenvalue weighted by molar-refractivity contribution is -0.156. The van der Waals surface area contributed by atoms with E-state index in [-0.39, 0.29) is 17.1 Å². The molecule has 0 aliphatic carbocycles. The Morgan fingerprint density at radius 2 is 2.08 bits per heavy atom.